The molecule has 4 aliphatic carbocycles. The quantitative estimate of drug-likeness (QED) is 0.286. The summed E-state index contributed by atoms with van der Waals surface area (Å²) in [6.45, 7) is 0.459. The lowest BCUT2D eigenvalue weighted by Crippen LogP contribution is -2.53. The molecular weight excluding hydrogens is 540 g/mol. The Hall–Kier alpha value is -4.06. The van der Waals surface area contributed by atoms with Gasteiger partial charge < -0.3 is 10.6 Å². The van der Waals surface area contributed by atoms with E-state index in [0.717, 1.165) is 54.5 Å². The van der Waals surface area contributed by atoms with Crippen LogP contribution < -0.4 is 15.4 Å². The second kappa shape index (κ2) is 9.79. The van der Waals surface area contributed by atoms with Crippen LogP contribution >= 0.6 is 0 Å². The molecule has 12 heteroatoms. The maximum atomic E-state index is 13.4. The Morgan fingerprint density at radius 2 is 1.71 bits per heavy atom. The van der Waals surface area contributed by atoms with E-state index in [1.54, 1.807) is 35.1 Å². The van der Waals surface area contributed by atoms with Gasteiger partial charge in [-0.15, -0.1) is 5.10 Å². The highest BCUT2D eigenvalue weighted by Crippen LogP contribution is 2.60. The average Bonchev–Trinajstić information content (AvgIpc) is 3.34. The molecule has 2 aromatic carbocycles. The van der Waals surface area contributed by atoms with Gasteiger partial charge in [0.1, 0.15) is 0 Å². The smallest absolute Gasteiger partial charge is 0.229 e. The lowest BCUT2D eigenvalue weighted by Gasteiger charge is -2.55. The fraction of sp³-hybridized carbons (Fsp3) is 0.414. The molecule has 4 aliphatic rings. The molecule has 11 nitrogen and oxygen atoms in total. The van der Waals surface area contributed by atoms with Gasteiger partial charge in [0.05, 0.1) is 23.8 Å². The van der Waals surface area contributed by atoms with Crippen molar-refractivity contribution in [3.8, 4) is 5.69 Å². The summed E-state index contributed by atoms with van der Waals surface area (Å²) in [6.07, 6.45) is 9.77. The summed E-state index contributed by atoms with van der Waals surface area (Å²) in [4.78, 5) is 22.4. The van der Waals surface area contributed by atoms with Gasteiger partial charge in [-0.1, -0.05) is 23.4 Å². The van der Waals surface area contributed by atoms with E-state index < -0.39 is 10.0 Å². The second-order valence-electron chi connectivity index (χ2n) is 12.0. The van der Waals surface area contributed by atoms with Crippen molar-refractivity contribution in [2.75, 3.05) is 16.3 Å². The summed E-state index contributed by atoms with van der Waals surface area (Å²) in [5.74, 6) is 2.71. The molecule has 0 aliphatic heterocycles. The molecule has 2 heterocycles. The molecule has 4 bridgehead atoms. The molecular formula is C29H32N8O3S. The molecule has 212 valence electrons. The molecule has 8 rings (SSSR count). The standard InChI is InChI=1S/C29H32N8O3S/c1-41(39,40)35-23-6-3-5-22(12-23)32-28-31-17-25-26(33-28)37(36-34-25)24-7-2-4-18(11-24)16-30-27(38)29-13-19-8-20(14-29)10-21(9-19)15-29/h2-7,11-12,17,19-21,35H,8-10,13-16H2,1H3,(H,30,38)(H,31,32,33). The molecule has 1 amide bonds. The zero-order chi connectivity index (χ0) is 28.2. The number of aromatic nitrogens is 5. The van der Waals surface area contributed by atoms with Crippen molar-refractivity contribution in [3.05, 3.63) is 60.3 Å². The van der Waals surface area contributed by atoms with Gasteiger partial charge in [-0.3, -0.25) is 9.52 Å². The predicted octanol–water partition coefficient (Wildman–Crippen LogP) is 4.16. The number of benzene rings is 2. The number of nitrogens with one attached hydrogen (secondary N) is 3. The Balaban J connectivity index is 1.08. The first-order valence-corrected chi connectivity index (χ1v) is 15.9. The van der Waals surface area contributed by atoms with Crippen LogP contribution in [0.4, 0.5) is 17.3 Å². The molecule has 4 saturated carbocycles. The lowest BCUT2D eigenvalue weighted by atomic mass is 9.49. The second-order valence-corrected chi connectivity index (χ2v) is 13.8. The molecule has 0 unspecified atom stereocenters. The minimum Gasteiger partial charge on any atom is -0.352 e. The number of nitrogens with zero attached hydrogens (tertiary/aromatic N) is 5. The summed E-state index contributed by atoms with van der Waals surface area (Å²) in [5.41, 5.74) is 3.68. The molecule has 2 aromatic heterocycles. The average molecular weight is 573 g/mol. The van der Waals surface area contributed by atoms with E-state index in [2.05, 4.69) is 35.6 Å². The first-order valence-electron chi connectivity index (χ1n) is 14.0. The van der Waals surface area contributed by atoms with Crippen LogP contribution in [0.2, 0.25) is 0 Å². The molecule has 4 fully saturated rings. The van der Waals surface area contributed by atoms with Gasteiger partial charge in [-0.05, 0) is 92.2 Å². The normalized spacial score (nSPS) is 24.9. The molecule has 0 radical (unpaired) electrons. The third-order valence-electron chi connectivity index (χ3n) is 8.74. The van der Waals surface area contributed by atoms with Gasteiger partial charge in [0.25, 0.3) is 0 Å². The Kier molecular flexibility index (Phi) is 6.18. The largest absolute Gasteiger partial charge is 0.352 e. The van der Waals surface area contributed by atoms with Crippen molar-refractivity contribution in [1.29, 1.82) is 0 Å². The third-order valence-corrected chi connectivity index (χ3v) is 9.35. The van der Waals surface area contributed by atoms with Gasteiger partial charge in [0.2, 0.25) is 21.9 Å². The van der Waals surface area contributed by atoms with Crippen LogP contribution in [0.25, 0.3) is 16.9 Å². The number of carbonyl (C=O) groups excluding carboxylic acids is 1. The van der Waals surface area contributed by atoms with Crippen molar-refractivity contribution in [3.63, 3.8) is 0 Å². The highest BCUT2D eigenvalue weighted by atomic mass is 32.2. The minimum atomic E-state index is -3.40. The van der Waals surface area contributed by atoms with E-state index in [1.807, 2.05) is 24.3 Å². The first-order chi connectivity index (χ1) is 19.7. The molecule has 3 N–H and O–H groups in total. The van der Waals surface area contributed by atoms with Gasteiger partial charge in [-0.2, -0.15) is 9.67 Å². The number of hydrogen-bond acceptors (Lipinski definition) is 8. The van der Waals surface area contributed by atoms with Crippen LogP contribution in [0.5, 0.6) is 0 Å². The maximum absolute atomic E-state index is 13.4. The number of sulfonamides is 1. The molecule has 0 spiro atoms. The zero-order valence-electron chi connectivity index (χ0n) is 22.7. The van der Waals surface area contributed by atoms with E-state index in [4.69, 9.17) is 0 Å². The third kappa shape index (κ3) is 5.23. The summed E-state index contributed by atoms with van der Waals surface area (Å²) in [5, 5.41) is 14.9. The van der Waals surface area contributed by atoms with Crippen LogP contribution in [-0.2, 0) is 21.4 Å². The van der Waals surface area contributed by atoms with Gasteiger partial charge in [-0.25, -0.2) is 13.4 Å². The fourth-order valence-electron chi connectivity index (χ4n) is 7.52. The van der Waals surface area contributed by atoms with E-state index in [-0.39, 0.29) is 11.3 Å². The van der Waals surface area contributed by atoms with E-state index in [0.29, 0.717) is 35.0 Å². The van der Waals surface area contributed by atoms with Crippen LogP contribution in [0.1, 0.15) is 44.1 Å². The molecule has 4 aromatic rings. The molecule has 0 atom stereocenters. The Morgan fingerprint density at radius 1 is 1.00 bits per heavy atom. The van der Waals surface area contributed by atoms with Gasteiger partial charge in [0.15, 0.2) is 11.2 Å². The number of carbonyl (C=O) groups is 1. The predicted molar refractivity (Wildman–Crippen MR) is 155 cm³/mol. The van der Waals surface area contributed by atoms with E-state index in [1.165, 1.54) is 19.3 Å². The first kappa shape index (κ1) is 25.9. The summed E-state index contributed by atoms with van der Waals surface area (Å²) in [7, 11) is -3.40. The summed E-state index contributed by atoms with van der Waals surface area (Å²) < 4.78 is 27.3. The topological polar surface area (TPSA) is 144 Å². The van der Waals surface area contributed by atoms with Crippen LogP contribution in [0, 0.1) is 23.2 Å². The van der Waals surface area contributed by atoms with Gasteiger partial charge >= 0.3 is 0 Å². The highest BCUT2D eigenvalue weighted by molar-refractivity contribution is 7.92. The highest BCUT2D eigenvalue weighted by Gasteiger charge is 2.54. The number of amides is 1. The summed E-state index contributed by atoms with van der Waals surface area (Å²) >= 11 is 0. The number of hydrogen-bond donors (Lipinski definition) is 3. The SMILES string of the molecule is CS(=O)(=O)Nc1cccc(Nc2ncc3nnn(-c4cccc(CNC(=O)C56CC7CC(CC(C7)C5)C6)c4)c3n2)c1. The Labute approximate surface area is 238 Å². The van der Waals surface area contributed by atoms with E-state index >= 15 is 0 Å². The monoisotopic (exact) mass is 572 g/mol. The van der Waals surface area contributed by atoms with Crippen LogP contribution in [0.3, 0.4) is 0 Å². The Bertz CT molecular complexity index is 1720. The van der Waals surface area contributed by atoms with Crippen LogP contribution in [-0.4, -0.2) is 45.5 Å². The van der Waals surface area contributed by atoms with Crippen LogP contribution in [0.15, 0.2) is 54.7 Å². The fourth-order valence-corrected chi connectivity index (χ4v) is 8.08. The van der Waals surface area contributed by atoms with Crippen molar-refractivity contribution in [1.82, 2.24) is 30.3 Å². The van der Waals surface area contributed by atoms with Crippen molar-refractivity contribution < 1.29 is 13.2 Å². The zero-order valence-corrected chi connectivity index (χ0v) is 23.6. The number of rotatable bonds is 8. The molecule has 41 heavy (non-hydrogen) atoms. The number of fused-ring (bicyclic) bond motifs is 1. The molecule has 0 saturated heterocycles. The number of anilines is 3. The van der Waals surface area contributed by atoms with Gasteiger partial charge in [0, 0.05) is 17.6 Å². The maximum Gasteiger partial charge on any atom is 0.229 e. The summed E-state index contributed by atoms with van der Waals surface area (Å²) in [6, 6.07) is 14.7. The van der Waals surface area contributed by atoms with Crippen molar-refractivity contribution in [2.45, 2.75) is 45.1 Å². The lowest BCUT2D eigenvalue weighted by molar-refractivity contribution is -0.146. The Morgan fingerprint density at radius 3 is 2.44 bits per heavy atom. The van der Waals surface area contributed by atoms with Crippen molar-refractivity contribution in [2.24, 2.45) is 23.2 Å². The minimum absolute atomic E-state index is 0.171. The van der Waals surface area contributed by atoms with E-state index in [9.17, 15) is 13.2 Å². The van der Waals surface area contributed by atoms with Crippen molar-refractivity contribution >= 4 is 44.4 Å².